The highest BCUT2D eigenvalue weighted by Crippen LogP contribution is 2.26. The van der Waals surface area contributed by atoms with Crippen molar-refractivity contribution in [1.29, 1.82) is 0 Å². The van der Waals surface area contributed by atoms with Gasteiger partial charge in [0.05, 0.1) is 6.61 Å². The third kappa shape index (κ3) is 4.81. The molecule has 0 aliphatic carbocycles. The van der Waals surface area contributed by atoms with Gasteiger partial charge in [0.15, 0.2) is 0 Å². The van der Waals surface area contributed by atoms with E-state index < -0.39 is 0 Å². The Bertz CT molecular complexity index is 225. The molecule has 0 amide bonds. The van der Waals surface area contributed by atoms with E-state index in [0.29, 0.717) is 12.1 Å². The maximum Gasteiger partial charge on any atom is 0.0500 e. The lowest BCUT2D eigenvalue weighted by Crippen LogP contribution is -2.35. The third-order valence-corrected chi connectivity index (χ3v) is 3.69. The molecule has 1 aliphatic rings. The highest BCUT2D eigenvalue weighted by molar-refractivity contribution is 4.98. The quantitative estimate of drug-likeness (QED) is 0.498. The zero-order valence-corrected chi connectivity index (χ0v) is 12.0. The third-order valence-electron chi connectivity index (χ3n) is 3.69. The van der Waals surface area contributed by atoms with Crippen molar-refractivity contribution in [2.24, 2.45) is 5.92 Å². The zero-order valence-electron chi connectivity index (χ0n) is 12.0. The molecule has 0 saturated carbocycles. The maximum absolute atomic E-state index is 5.47. The maximum atomic E-state index is 5.47. The highest BCUT2D eigenvalue weighted by Gasteiger charge is 2.29. The summed E-state index contributed by atoms with van der Waals surface area (Å²) in [6.45, 7) is 12.1. The van der Waals surface area contributed by atoms with Gasteiger partial charge in [0.25, 0.3) is 0 Å². The van der Waals surface area contributed by atoms with Crippen molar-refractivity contribution in [2.45, 2.75) is 59.0 Å². The summed E-state index contributed by atoms with van der Waals surface area (Å²) in [5, 5.41) is 0. The molecule has 1 saturated heterocycles. The number of nitrogens with zero attached hydrogens (tertiary/aromatic N) is 1. The molecule has 1 aliphatic heterocycles. The van der Waals surface area contributed by atoms with Crippen LogP contribution in [0.3, 0.4) is 0 Å². The summed E-state index contributed by atoms with van der Waals surface area (Å²) in [4.78, 5) is 2.60. The first-order valence-electron chi connectivity index (χ1n) is 7.17. The molecule has 2 nitrogen and oxygen atoms in total. The largest absolute Gasteiger partial charge is 0.381 e. The summed E-state index contributed by atoms with van der Waals surface area (Å²) in [5.74, 6) is 0.739. The normalized spacial score (nSPS) is 26.4. The fourth-order valence-corrected chi connectivity index (χ4v) is 2.64. The van der Waals surface area contributed by atoms with Crippen LogP contribution in [0, 0.1) is 5.92 Å². The lowest BCUT2D eigenvalue weighted by molar-refractivity contribution is 0.139. The van der Waals surface area contributed by atoms with Gasteiger partial charge in [-0.05, 0) is 52.5 Å². The Hall–Kier alpha value is -0.340. The zero-order chi connectivity index (χ0) is 12.7. The fraction of sp³-hybridized carbons (Fsp3) is 0.867. The van der Waals surface area contributed by atoms with Crippen molar-refractivity contribution in [1.82, 2.24) is 4.90 Å². The summed E-state index contributed by atoms with van der Waals surface area (Å²) >= 11 is 0. The van der Waals surface area contributed by atoms with Crippen LogP contribution in [0.2, 0.25) is 0 Å². The second-order valence-electron chi connectivity index (χ2n) is 5.35. The molecule has 0 aromatic rings. The van der Waals surface area contributed by atoms with Crippen LogP contribution in [-0.4, -0.2) is 36.7 Å². The van der Waals surface area contributed by atoms with E-state index in [2.05, 4.69) is 44.7 Å². The second-order valence-corrected chi connectivity index (χ2v) is 5.35. The van der Waals surface area contributed by atoms with E-state index in [1.165, 1.54) is 13.0 Å². The molecule has 0 bridgehead atoms. The van der Waals surface area contributed by atoms with Crippen molar-refractivity contribution < 1.29 is 4.74 Å². The molecule has 0 aromatic carbocycles. The Morgan fingerprint density at radius 3 is 2.71 bits per heavy atom. The molecule has 0 aromatic heterocycles. The molecular weight excluding hydrogens is 210 g/mol. The van der Waals surface area contributed by atoms with Crippen LogP contribution in [0.1, 0.15) is 47.0 Å². The number of hydrogen-bond donors (Lipinski definition) is 0. The van der Waals surface area contributed by atoms with Gasteiger partial charge in [-0.25, -0.2) is 0 Å². The van der Waals surface area contributed by atoms with Gasteiger partial charge in [-0.15, -0.1) is 0 Å². The Kier molecular flexibility index (Phi) is 6.83. The molecule has 1 rings (SSSR count). The minimum atomic E-state index is 0.677. The standard InChI is InChI=1S/C15H29NO/c1-5-11-17-12-7-6-8-15-9-10-16(13(2)3)14(15)4/h6,8,13-15H,5,7,9-12H2,1-4H3/b8-6+. The molecular formula is C15H29NO. The number of ether oxygens (including phenoxy) is 1. The lowest BCUT2D eigenvalue weighted by atomic mass is 10.0. The van der Waals surface area contributed by atoms with E-state index in [-0.39, 0.29) is 0 Å². The topological polar surface area (TPSA) is 12.5 Å². The molecule has 0 spiro atoms. The fourth-order valence-electron chi connectivity index (χ4n) is 2.64. The minimum Gasteiger partial charge on any atom is -0.381 e. The molecule has 100 valence electrons. The van der Waals surface area contributed by atoms with Crippen LogP contribution in [0.25, 0.3) is 0 Å². The summed E-state index contributed by atoms with van der Waals surface area (Å²) in [6, 6.07) is 1.37. The van der Waals surface area contributed by atoms with Gasteiger partial charge in [0.2, 0.25) is 0 Å². The van der Waals surface area contributed by atoms with E-state index in [9.17, 15) is 0 Å². The molecule has 0 N–H and O–H groups in total. The minimum absolute atomic E-state index is 0.677. The summed E-state index contributed by atoms with van der Waals surface area (Å²) in [6.07, 6.45) is 8.20. The van der Waals surface area contributed by atoms with Gasteiger partial charge < -0.3 is 4.74 Å². The molecule has 2 unspecified atom stereocenters. The SMILES string of the molecule is CCCOCC/C=C/C1CCN(C(C)C)C1C. The Morgan fingerprint density at radius 1 is 1.35 bits per heavy atom. The van der Waals surface area contributed by atoms with Crippen LogP contribution in [-0.2, 0) is 4.74 Å². The second kappa shape index (κ2) is 7.88. The van der Waals surface area contributed by atoms with Crippen molar-refractivity contribution in [2.75, 3.05) is 19.8 Å². The smallest absolute Gasteiger partial charge is 0.0500 e. The van der Waals surface area contributed by atoms with Crippen molar-refractivity contribution >= 4 is 0 Å². The first kappa shape index (κ1) is 14.7. The molecule has 1 fully saturated rings. The Morgan fingerprint density at radius 2 is 2.12 bits per heavy atom. The van der Waals surface area contributed by atoms with Crippen LogP contribution in [0.5, 0.6) is 0 Å². The Balaban J connectivity index is 2.21. The van der Waals surface area contributed by atoms with Crippen LogP contribution in [0.15, 0.2) is 12.2 Å². The first-order chi connectivity index (χ1) is 8.16. The van der Waals surface area contributed by atoms with Gasteiger partial charge in [-0.3, -0.25) is 4.90 Å². The summed E-state index contributed by atoms with van der Waals surface area (Å²) < 4.78 is 5.47. The average Bonchev–Trinajstić information content (AvgIpc) is 2.65. The number of likely N-dealkylation sites (tertiary alicyclic amines) is 1. The molecule has 2 atom stereocenters. The van der Waals surface area contributed by atoms with Crippen molar-refractivity contribution in [3.05, 3.63) is 12.2 Å². The first-order valence-corrected chi connectivity index (χ1v) is 7.17. The molecule has 17 heavy (non-hydrogen) atoms. The van der Waals surface area contributed by atoms with Gasteiger partial charge in [0, 0.05) is 18.7 Å². The van der Waals surface area contributed by atoms with E-state index >= 15 is 0 Å². The van der Waals surface area contributed by atoms with Crippen molar-refractivity contribution in [3.63, 3.8) is 0 Å². The Labute approximate surface area is 107 Å². The van der Waals surface area contributed by atoms with E-state index in [0.717, 1.165) is 32.0 Å². The predicted octanol–water partition coefficient (Wildman–Crippen LogP) is 3.48. The van der Waals surface area contributed by atoms with Gasteiger partial charge in [-0.2, -0.15) is 0 Å². The predicted molar refractivity (Wildman–Crippen MR) is 74.3 cm³/mol. The highest BCUT2D eigenvalue weighted by atomic mass is 16.5. The van der Waals surface area contributed by atoms with E-state index in [1.807, 2.05) is 0 Å². The summed E-state index contributed by atoms with van der Waals surface area (Å²) in [5.41, 5.74) is 0. The number of rotatable bonds is 7. The number of hydrogen-bond acceptors (Lipinski definition) is 2. The monoisotopic (exact) mass is 239 g/mol. The molecule has 0 radical (unpaired) electrons. The van der Waals surface area contributed by atoms with E-state index in [4.69, 9.17) is 4.74 Å². The van der Waals surface area contributed by atoms with Gasteiger partial charge in [0.1, 0.15) is 0 Å². The van der Waals surface area contributed by atoms with Crippen LogP contribution in [0.4, 0.5) is 0 Å². The summed E-state index contributed by atoms with van der Waals surface area (Å²) in [7, 11) is 0. The van der Waals surface area contributed by atoms with Gasteiger partial charge >= 0.3 is 0 Å². The lowest BCUT2D eigenvalue weighted by Gasteiger charge is -2.27. The van der Waals surface area contributed by atoms with Crippen LogP contribution < -0.4 is 0 Å². The van der Waals surface area contributed by atoms with Gasteiger partial charge in [-0.1, -0.05) is 19.1 Å². The molecule has 1 heterocycles. The van der Waals surface area contributed by atoms with Crippen LogP contribution >= 0.6 is 0 Å². The van der Waals surface area contributed by atoms with Crippen molar-refractivity contribution in [3.8, 4) is 0 Å². The van der Waals surface area contributed by atoms with E-state index in [1.54, 1.807) is 0 Å². The molecule has 2 heteroatoms. The average molecular weight is 239 g/mol.